The van der Waals surface area contributed by atoms with Crippen LogP contribution in [-0.2, 0) is 52.3 Å². The smallest absolute Gasteiger partial charge is 0.340 e. The van der Waals surface area contributed by atoms with Crippen molar-refractivity contribution in [2.75, 3.05) is 13.7 Å². The fourth-order valence-electron chi connectivity index (χ4n) is 5.80. The first-order chi connectivity index (χ1) is 22.2. The molecule has 0 saturated carbocycles. The number of rotatable bonds is 9. The minimum atomic E-state index is -1.46. The highest BCUT2D eigenvalue weighted by atomic mass is 16.8. The Labute approximate surface area is 262 Å². The van der Waals surface area contributed by atoms with Crippen molar-refractivity contribution < 1.29 is 61.8 Å². The number of fused-ring (bicyclic) bond motifs is 3. The van der Waals surface area contributed by atoms with Crippen LogP contribution in [0.25, 0.3) is 10.4 Å². The minimum Gasteiger partial charge on any atom is -0.497 e. The highest BCUT2D eigenvalue weighted by Gasteiger charge is 2.62. The lowest BCUT2D eigenvalue weighted by molar-refractivity contribution is -0.362. The third-order valence-corrected chi connectivity index (χ3v) is 7.75. The Morgan fingerprint density at radius 1 is 0.870 bits per heavy atom. The van der Waals surface area contributed by atoms with Gasteiger partial charge in [0.1, 0.15) is 35.9 Å². The second kappa shape index (κ2) is 13.5. The maximum absolute atomic E-state index is 12.7. The SMILES string of the molecule is COc1ccc(O[C@@H]2O[C@@H]3CO[C@H](c4ccccc4)O[C@@H]3[C@H](O[C@@H]3O[C@@H]4C(=O)O[C@H]([C@H]3OC(C)=O)[C@@H]4OC(C)=O)[C@H]2N=[N+]=[N-])cc1. The van der Waals surface area contributed by atoms with E-state index in [0.29, 0.717) is 17.1 Å². The highest BCUT2D eigenvalue weighted by Crippen LogP contribution is 2.41. The van der Waals surface area contributed by atoms with Crippen LogP contribution >= 0.6 is 0 Å². The van der Waals surface area contributed by atoms with E-state index in [9.17, 15) is 19.9 Å². The van der Waals surface area contributed by atoms with Gasteiger partial charge >= 0.3 is 17.9 Å². The Kier molecular flexibility index (Phi) is 9.26. The van der Waals surface area contributed by atoms with E-state index < -0.39 is 85.5 Å². The van der Waals surface area contributed by atoms with E-state index in [4.69, 9.17) is 47.4 Å². The number of benzene rings is 2. The molecule has 11 atom stereocenters. The van der Waals surface area contributed by atoms with Gasteiger partial charge in [-0.2, -0.15) is 0 Å². The molecule has 46 heavy (non-hydrogen) atoms. The molecule has 0 spiro atoms. The summed E-state index contributed by atoms with van der Waals surface area (Å²) in [4.78, 5) is 39.7. The van der Waals surface area contributed by atoms with Crippen molar-refractivity contribution in [1.82, 2.24) is 0 Å². The predicted molar refractivity (Wildman–Crippen MR) is 150 cm³/mol. The van der Waals surface area contributed by atoms with Gasteiger partial charge in [0.05, 0.1) is 13.7 Å². The number of esters is 3. The summed E-state index contributed by atoms with van der Waals surface area (Å²) in [7, 11) is 1.53. The molecule has 244 valence electrons. The molecule has 2 bridgehead atoms. The van der Waals surface area contributed by atoms with Crippen molar-refractivity contribution >= 4 is 17.9 Å². The topological polar surface area (TPSA) is 192 Å². The van der Waals surface area contributed by atoms with Crippen molar-refractivity contribution in [2.45, 2.75) is 81.5 Å². The van der Waals surface area contributed by atoms with E-state index in [0.717, 1.165) is 13.8 Å². The number of ether oxygens (including phenoxy) is 10. The molecule has 4 fully saturated rings. The second-order valence-corrected chi connectivity index (χ2v) is 10.8. The van der Waals surface area contributed by atoms with E-state index in [1.165, 1.54) is 7.11 Å². The van der Waals surface area contributed by atoms with E-state index in [-0.39, 0.29) is 6.61 Å². The summed E-state index contributed by atoms with van der Waals surface area (Å²) in [6.45, 7) is 2.35. The quantitative estimate of drug-likeness (QED) is 0.128. The molecule has 0 aromatic heterocycles. The molecule has 16 nitrogen and oxygen atoms in total. The number of hydrogen-bond donors (Lipinski definition) is 0. The van der Waals surface area contributed by atoms with Crippen molar-refractivity contribution in [3.05, 3.63) is 70.6 Å². The second-order valence-electron chi connectivity index (χ2n) is 10.8. The van der Waals surface area contributed by atoms with Crippen LogP contribution in [-0.4, -0.2) is 93.0 Å². The van der Waals surface area contributed by atoms with E-state index >= 15 is 0 Å². The summed E-state index contributed by atoms with van der Waals surface area (Å²) in [5.41, 5.74) is 10.3. The lowest BCUT2D eigenvalue weighted by Gasteiger charge is -2.49. The number of azide groups is 1. The van der Waals surface area contributed by atoms with Crippen LogP contribution in [0.2, 0.25) is 0 Å². The van der Waals surface area contributed by atoms with Gasteiger partial charge in [-0.15, -0.1) is 0 Å². The zero-order chi connectivity index (χ0) is 32.4. The van der Waals surface area contributed by atoms with Crippen LogP contribution in [0.15, 0.2) is 59.7 Å². The summed E-state index contributed by atoms with van der Waals surface area (Å²) < 4.78 is 58.5. The molecule has 0 N–H and O–H groups in total. The van der Waals surface area contributed by atoms with Gasteiger partial charge in [-0.3, -0.25) is 9.59 Å². The molecule has 4 heterocycles. The first kappa shape index (κ1) is 31.5. The van der Waals surface area contributed by atoms with E-state index in [2.05, 4.69) is 10.0 Å². The van der Waals surface area contributed by atoms with Crippen molar-refractivity contribution in [3.63, 3.8) is 0 Å². The highest BCUT2D eigenvalue weighted by molar-refractivity contribution is 5.80. The van der Waals surface area contributed by atoms with Crippen LogP contribution in [0.5, 0.6) is 11.5 Å². The van der Waals surface area contributed by atoms with Gasteiger partial charge < -0.3 is 47.4 Å². The zero-order valence-corrected chi connectivity index (χ0v) is 24.9. The predicted octanol–water partition coefficient (Wildman–Crippen LogP) is 2.49. The fourth-order valence-corrected chi connectivity index (χ4v) is 5.80. The number of hydrogen-bond acceptors (Lipinski definition) is 14. The number of carbonyl (C=O) groups excluding carboxylic acids is 3. The summed E-state index contributed by atoms with van der Waals surface area (Å²) >= 11 is 0. The van der Waals surface area contributed by atoms with Gasteiger partial charge in [0.15, 0.2) is 37.0 Å². The maximum Gasteiger partial charge on any atom is 0.340 e. The summed E-state index contributed by atoms with van der Waals surface area (Å²) in [5, 5.41) is 3.97. The molecular weight excluding hydrogens is 610 g/mol. The number of methoxy groups -OCH3 is 1. The minimum absolute atomic E-state index is 0.0375. The Morgan fingerprint density at radius 3 is 2.24 bits per heavy atom. The Balaban J connectivity index is 1.34. The average Bonchev–Trinajstić information content (AvgIpc) is 3.26. The molecule has 0 aliphatic carbocycles. The molecule has 4 saturated heterocycles. The first-order valence-corrected chi connectivity index (χ1v) is 14.4. The Bertz CT molecular complexity index is 1470. The summed E-state index contributed by atoms with van der Waals surface area (Å²) in [5.74, 6) is -1.30. The number of nitrogens with zero attached hydrogens (tertiary/aromatic N) is 3. The molecule has 0 unspecified atom stereocenters. The van der Waals surface area contributed by atoms with Crippen LogP contribution in [0.4, 0.5) is 0 Å². The Hall–Kier alpha value is -4.44. The third kappa shape index (κ3) is 6.44. The molecule has 4 aliphatic rings. The van der Waals surface area contributed by atoms with E-state index in [1.807, 2.05) is 30.3 Å². The van der Waals surface area contributed by atoms with Crippen LogP contribution in [0.3, 0.4) is 0 Å². The maximum atomic E-state index is 12.7. The average molecular weight is 642 g/mol. The monoisotopic (exact) mass is 641 g/mol. The van der Waals surface area contributed by atoms with Gasteiger partial charge in [0, 0.05) is 24.3 Å². The van der Waals surface area contributed by atoms with Gasteiger partial charge in [0.25, 0.3) is 0 Å². The van der Waals surface area contributed by atoms with Gasteiger partial charge in [0.2, 0.25) is 6.29 Å². The van der Waals surface area contributed by atoms with Gasteiger partial charge in [-0.25, -0.2) is 4.79 Å². The fraction of sp³-hybridized carbons (Fsp3) is 0.500. The third-order valence-electron chi connectivity index (χ3n) is 7.75. The summed E-state index contributed by atoms with van der Waals surface area (Å²) in [6, 6.07) is 14.6. The van der Waals surface area contributed by atoms with Crippen LogP contribution in [0, 0.1) is 0 Å². The Morgan fingerprint density at radius 2 is 1.57 bits per heavy atom. The summed E-state index contributed by atoms with van der Waals surface area (Å²) in [6.07, 6.45) is -11.6. The molecular formula is C30H31N3O13. The molecule has 0 radical (unpaired) electrons. The zero-order valence-electron chi connectivity index (χ0n) is 24.9. The molecule has 4 aliphatic heterocycles. The molecule has 2 aromatic rings. The lowest BCUT2D eigenvalue weighted by Crippen LogP contribution is -2.65. The van der Waals surface area contributed by atoms with Crippen molar-refractivity contribution in [3.8, 4) is 11.5 Å². The normalized spacial score (nSPS) is 34.7. The number of carbonyl (C=O) groups is 3. The van der Waals surface area contributed by atoms with Crippen molar-refractivity contribution in [1.29, 1.82) is 0 Å². The molecule has 0 amide bonds. The van der Waals surface area contributed by atoms with Gasteiger partial charge in [-0.1, -0.05) is 35.4 Å². The molecule has 2 aromatic carbocycles. The van der Waals surface area contributed by atoms with E-state index in [1.54, 1.807) is 24.3 Å². The van der Waals surface area contributed by atoms with Gasteiger partial charge in [-0.05, 0) is 29.8 Å². The lowest BCUT2D eigenvalue weighted by atomic mass is 9.95. The standard InChI is InChI=1S/C30H31N3O13/c1-14(34)39-23-24-26(40-15(2)35)30(46-25(23)27(36)43-24)45-22-20(32-33-31)29(41-18-11-9-17(37-3)10-12-18)42-19-13-38-28(44-21(19)22)16-7-5-4-6-8-16/h4-12,19-26,28-30H,13H2,1-3H3/t19-,20-,21+,22-,23+,24+,25+,26-,28+,29-,30-/m1/s1. The van der Waals surface area contributed by atoms with Crippen LogP contribution in [0.1, 0.15) is 25.7 Å². The van der Waals surface area contributed by atoms with Crippen molar-refractivity contribution in [2.24, 2.45) is 5.11 Å². The largest absolute Gasteiger partial charge is 0.497 e. The molecule has 6 rings (SSSR count). The first-order valence-electron chi connectivity index (χ1n) is 14.4. The molecule has 16 heteroatoms. The van der Waals surface area contributed by atoms with Crippen LogP contribution < -0.4 is 9.47 Å².